The van der Waals surface area contributed by atoms with E-state index in [9.17, 15) is 19.5 Å². The van der Waals surface area contributed by atoms with E-state index in [0.717, 1.165) is 35.1 Å². The Morgan fingerprint density at radius 3 is 2.24 bits per heavy atom. The molecule has 0 aromatic heterocycles. The van der Waals surface area contributed by atoms with Crippen molar-refractivity contribution in [3.63, 3.8) is 0 Å². The minimum absolute atomic E-state index is 0.0603. The Morgan fingerprint density at radius 1 is 1.03 bits per heavy atom. The number of benzene rings is 2. The van der Waals surface area contributed by atoms with Crippen LogP contribution >= 0.6 is 0 Å². The third-order valence-electron chi connectivity index (χ3n) is 6.36. The molecule has 2 amide bonds. The van der Waals surface area contributed by atoms with Gasteiger partial charge in [-0.05, 0) is 41.0 Å². The van der Waals surface area contributed by atoms with E-state index in [1.807, 2.05) is 36.4 Å². The van der Waals surface area contributed by atoms with Gasteiger partial charge < -0.3 is 25.2 Å². The summed E-state index contributed by atoms with van der Waals surface area (Å²) in [6.07, 6.45) is 0.00204. The molecule has 0 aliphatic heterocycles. The lowest BCUT2D eigenvalue weighted by Gasteiger charge is -2.23. The molecule has 34 heavy (non-hydrogen) atoms. The number of nitrogens with one attached hydrogen (secondary N) is 1. The Balaban J connectivity index is 1.24. The van der Waals surface area contributed by atoms with Crippen LogP contribution < -0.4 is 5.32 Å². The first kappa shape index (κ1) is 23.8. The number of carboxylic acid groups (broad SMARTS) is 1. The largest absolute Gasteiger partial charge is 0.481 e. The zero-order valence-corrected chi connectivity index (χ0v) is 19.0. The van der Waals surface area contributed by atoms with Crippen LogP contribution in [-0.4, -0.2) is 65.4 Å². The van der Waals surface area contributed by atoms with Gasteiger partial charge in [0.05, 0.1) is 18.9 Å². The molecule has 0 bridgehead atoms. The number of carbonyl (C=O) groups excluding carboxylic acids is 2. The molecule has 0 radical (unpaired) electrons. The van der Waals surface area contributed by atoms with Crippen molar-refractivity contribution >= 4 is 18.0 Å². The summed E-state index contributed by atoms with van der Waals surface area (Å²) in [5.74, 6) is -0.926. The molecule has 0 heterocycles. The summed E-state index contributed by atoms with van der Waals surface area (Å²) in [5, 5.41) is 21.7. The Morgan fingerprint density at radius 2 is 1.65 bits per heavy atom. The van der Waals surface area contributed by atoms with Gasteiger partial charge in [-0.3, -0.25) is 9.59 Å². The average Bonchev–Trinajstić information content (AvgIpc) is 3.59. The maximum absolute atomic E-state index is 12.5. The third kappa shape index (κ3) is 5.94. The predicted octanol–water partition coefficient (Wildman–Crippen LogP) is 2.99. The molecular weight excluding hydrogens is 436 g/mol. The van der Waals surface area contributed by atoms with Crippen LogP contribution in [0, 0.1) is 5.92 Å². The lowest BCUT2D eigenvalue weighted by atomic mass is 9.98. The van der Waals surface area contributed by atoms with Gasteiger partial charge in [0.15, 0.2) is 0 Å². The maximum atomic E-state index is 12.5. The van der Waals surface area contributed by atoms with Gasteiger partial charge >= 0.3 is 12.1 Å². The number of aliphatic carboxylic acids is 1. The van der Waals surface area contributed by atoms with E-state index in [-0.39, 0.29) is 44.4 Å². The summed E-state index contributed by atoms with van der Waals surface area (Å²) in [4.78, 5) is 37.2. The van der Waals surface area contributed by atoms with Gasteiger partial charge in [-0.15, -0.1) is 0 Å². The number of ether oxygens (including phenoxy) is 1. The first-order valence-corrected chi connectivity index (χ1v) is 11.7. The standard InChI is InChI=1S/C26H30N2O6/c29-18(13-24(30)28(12-11-25(31)32)15-17-9-10-17)14-27-26(33)34-16-23-21-7-3-1-5-19(21)20-6-2-4-8-22(20)23/h1-8,17-18,23,29H,9-16H2,(H,27,33)(H,31,32). The first-order chi connectivity index (χ1) is 16.4. The molecule has 4 rings (SSSR count). The zero-order valence-electron chi connectivity index (χ0n) is 19.0. The Hall–Kier alpha value is -3.39. The van der Waals surface area contributed by atoms with Crippen LogP contribution in [0.3, 0.4) is 0 Å². The van der Waals surface area contributed by atoms with Gasteiger partial charge in [0, 0.05) is 25.6 Å². The van der Waals surface area contributed by atoms with E-state index in [0.29, 0.717) is 12.5 Å². The molecule has 0 saturated heterocycles. The number of aliphatic hydroxyl groups is 1. The molecule has 2 aromatic rings. The van der Waals surface area contributed by atoms with Crippen molar-refractivity contribution in [3.8, 4) is 11.1 Å². The number of aliphatic hydroxyl groups excluding tert-OH is 1. The number of carboxylic acids is 1. The van der Waals surface area contributed by atoms with Crippen molar-refractivity contribution in [2.45, 2.75) is 37.7 Å². The zero-order chi connectivity index (χ0) is 24.1. The molecule has 0 spiro atoms. The molecule has 8 nitrogen and oxygen atoms in total. The third-order valence-corrected chi connectivity index (χ3v) is 6.36. The summed E-state index contributed by atoms with van der Waals surface area (Å²) >= 11 is 0. The Labute approximate surface area is 198 Å². The minimum Gasteiger partial charge on any atom is -0.481 e. The predicted molar refractivity (Wildman–Crippen MR) is 125 cm³/mol. The van der Waals surface area contributed by atoms with Crippen molar-refractivity contribution in [1.29, 1.82) is 0 Å². The van der Waals surface area contributed by atoms with Gasteiger partial charge in [-0.1, -0.05) is 48.5 Å². The second-order valence-electron chi connectivity index (χ2n) is 8.99. The van der Waals surface area contributed by atoms with Crippen LogP contribution in [0.1, 0.15) is 42.7 Å². The van der Waals surface area contributed by atoms with Crippen molar-refractivity contribution in [2.24, 2.45) is 5.92 Å². The molecule has 2 aromatic carbocycles. The number of hydrogen-bond donors (Lipinski definition) is 3. The number of carbonyl (C=O) groups is 3. The highest BCUT2D eigenvalue weighted by Gasteiger charge is 2.30. The van der Waals surface area contributed by atoms with Gasteiger partial charge in [0.1, 0.15) is 6.61 Å². The monoisotopic (exact) mass is 466 g/mol. The maximum Gasteiger partial charge on any atom is 0.407 e. The van der Waals surface area contributed by atoms with Crippen molar-refractivity contribution in [3.05, 3.63) is 59.7 Å². The van der Waals surface area contributed by atoms with Crippen LogP contribution in [-0.2, 0) is 14.3 Å². The topological polar surface area (TPSA) is 116 Å². The van der Waals surface area contributed by atoms with Gasteiger partial charge in [-0.2, -0.15) is 0 Å². The highest BCUT2D eigenvalue weighted by molar-refractivity contribution is 5.79. The van der Waals surface area contributed by atoms with Crippen molar-refractivity contribution in [2.75, 3.05) is 26.2 Å². The van der Waals surface area contributed by atoms with Crippen LogP contribution in [0.2, 0.25) is 0 Å². The number of fused-ring (bicyclic) bond motifs is 3. The number of alkyl carbamates (subject to hydrolysis) is 1. The minimum atomic E-state index is -1.08. The highest BCUT2D eigenvalue weighted by atomic mass is 16.5. The molecule has 1 saturated carbocycles. The quantitative estimate of drug-likeness (QED) is 0.469. The normalized spacial score (nSPS) is 15.2. The number of nitrogens with zero attached hydrogens (tertiary/aromatic N) is 1. The molecule has 1 unspecified atom stereocenters. The van der Waals surface area contributed by atoms with E-state index >= 15 is 0 Å². The summed E-state index contributed by atoms with van der Waals surface area (Å²) in [6.45, 7) is 0.674. The second kappa shape index (κ2) is 10.7. The van der Waals surface area contributed by atoms with Crippen molar-refractivity contribution < 1.29 is 29.3 Å². The van der Waals surface area contributed by atoms with Crippen LogP contribution in [0.4, 0.5) is 4.79 Å². The highest BCUT2D eigenvalue weighted by Crippen LogP contribution is 2.44. The molecule has 3 N–H and O–H groups in total. The van der Waals surface area contributed by atoms with Crippen LogP contribution in [0.15, 0.2) is 48.5 Å². The smallest absolute Gasteiger partial charge is 0.407 e. The molecule has 1 atom stereocenters. The van der Waals surface area contributed by atoms with Gasteiger partial charge in [-0.25, -0.2) is 4.79 Å². The fourth-order valence-corrected chi connectivity index (χ4v) is 4.41. The first-order valence-electron chi connectivity index (χ1n) is 11.7. The lowest BCUT2D eigenvalue weighted by Crippen LogP contribution is -2.40. The van der Waals surface area contributed by atoms with Gasteiger partial charge in [0.25, 0.3) is 0 Å². The molecule has 2 aliphatic carbocycles. The van der Waals surface area contributed by atoms with E-state index in [2.05, 4.69) is 17.4 Å². The van der Waals surface area contributed by atoms with Crippen LogP contribution in [0.5, 0.6) is 0 Å². The number of rotatable bonds is 11. The van der Waals surface area contributed by atoms with E-state index in [1.165, 1.54) is 4.90 Å². The Kier molecular flexibility index (Phi) is 7.47. The van der Waals surface area contributed by atoms with Gasteiger partial charge in [0.2, 0.25) is 5.91 Å². The number of amides is 2. The molecule has 2 aliphatic rings. The SMILES string of the molecule is O=C(O)CCN(CC1CC1)C(=O)CC(O)CNC(=O)OCC1c2ccccc2-c2ccccc21. The summed E-state index contributed by atoms with van der Waals surface area (Å²) in [5.41, 5.74) is 4.50. The average molecular weight is 467 g/mol. The Bertz CT molecular complexity index is 1010. The number of hydrogen-bond acceptors (Lipinski definition) is 5. The summed E-state index contributed by atoms with van der Waals surface area (Å²) in [7, 11) is 0. The van der Waals surface area contributed by atoms with Crippen LogP contribution in [0.25, 0.3) is 11.1 Å². The summed E-state index contributed by atoms with van der Waals surface area (Å²) in [6, 6.07) is 16.1. The van der Waals surface area contributed by atoms with E-state index < -0.39 is 18.2 Å². The van der Waals surface area contributed by atoms with E-state index in [4.69, 9.17) is 9.84 Å². The molecule has 8 heteroatoms. The fourth-order valence-electron chi connectivity index (χ4n) is 4.41. The van der Waals surface area contributed by atoms with Crippen molar-refractivity contribution in [1.82, 2.24) is 10.2 Å². The lowest BCUT2D eigenvalue weighted by molar-refractivity contribution is -0.139. The fraction of sp³-hybridized carbons (Fsp3) is 0.423. The molecular formula is C26H30N2O6. The second-order valence-corrected chi connectivity index (χ2v) is 8.99. The molecule has 180 valence electrons. The summed E-state index contributed by atoms with van der Waals surface area (Å²) < 4.78 is 5.45. The molecule has 1 fully saturated rings. The van der Waals surface area contributed by atoms with E-state index in [1.54, 1.807) is 0 Å².